The first-order valence-corrected chi connectivity index (χ1v) is 10.4. The van der Waals surface area contributed by atoms with Gasteiger partial charge in [-0.3, -0.25) is 19.3 Å². The van der Waals surface area contributed by atoms with Crippen molar-refractivity contribution < 1.29 is 23.9 Å². The summed E-state index contributed by atoms with van der Waals surface area (Å²) in [4.78, 5) is 42.4. The van der Waals surface area contributed by atoms with Gasteiger partial charge in [0.2, 0.25) is 5.91 Å². The lowest BCUT2D eigenvalue weighted by molar-refractivity contribution is -0.149. The zero-order valence-corrected chi connectivity index (χ0v) is 17.4. The van der Waals surface area contributed by atoms with Gasteiger partial charge in [0.1, 0.15) is 12.4 Å². The van der Waals surface area contributed by atoms with Crippen molar-refractivity contribution in [1.29, 1.82) is 0 Å². The van der Waals surface area contributed by atoms with Gasteiger partial charge in [0, 0.05) is 12.3 Å². The van der Waals surface area contributed by atoms with Crippen LogP contribution in [0.3, 0.4) is 0 Å². The monoisotopic (exact) mass is 437 g/mol. The standard InChI is InChI=1S/C22H19N3O5S/c1-14(26)25(16-7-3-2-4-8-16)22-23-15(13-31-22)12-29-20(27)11-19-21(28)24-17-9-5-6-10-18(17)30-19/h2-10,13,19H,11-12H2,1H3,(H,24,28)/t19-/m1/s1. The molecule has 2 amide bonds. The molecule has 1 aliphatic heterocycles. The maximum absolute atomic E-state index is 12.2. The molecule has 0 fully saturated rings. The Hall–Kier alpha value is -3.72. The molecule has 1 aromatic heterocycles. The number of rotatable bonds is 6. The van der Waals surface area contributed by atoms with Gasteiger partial charge in [0.25, 0.3) is 5.91 Å². The van der Waals surface area contributed by atoms with Crippen molar-refractivity contribution in [3.05, 3.63) is 65.7 Å². The van der Waals surface area contributed by atoms with Crippen molar-refractivity contribution in [2.75, 3.05) is 10.2 Å². The van der Waals surface area contributed by atoms with Crippen molar-refractivity contribution >= 4 is 45.6 Å². The maximum atomic E-state index is 12.2. The Morgan fingerprint density at radius 3 is 2.68 bits per heavy atom. The molecule has 8 nitrogen and oxygen atoms in total. The summed E-state index contributed by atoms with van der Waals surface area (Å²) in [6, 6.07) is 16.2. The molecule has 31 heavy (non-hydrogen) atoms. The van der Waals surface area contributed by atoms with Crippen LogP contribution in [0.15, 0.2) is 60.0 Å². The number of hydrogen-bond donors (Lipinski definition) is 1. The van der Waals surface area contributed by atoms with Gasteiger partial charge in [-0.05, 0) is 24.3 Å². The second-order valence-electron chi connectivity index (χ2n) is 6.77. The number of nitrogens with one attached hydrogen (secondary N) is 1. The minimum atomic E-state index is -0.959. The fourth-order valence-corrected chi connectivity index (χ4v) is 3.93. The summed E-state index contributed by atoms with van der Waals surface area (Å²) in [6.07, 6.45) is -1.18. The highest BCUT2D eigenvalue weighted by atomic mass is 32.1. The van der Waals surface area contributed by atoms with Crippen LogP contribution >= 0.6 is 11.3 Å². The Morgan fingerprint density at radius 1 is 1.16 bits per heavy atom. The SMILES string of the molecule is CC(=O)N(c1ccccc1)c1nc(COC(=O)C[C@H]2Oc3ccccc3NC2=O)cs1. The molecule has 158 valence electrons. The molecule has 0 saturated carbocycles. The summed E-state index contributed by atoms with van der Waals surface area (Å²) in [7, 11) is 0. The highest BCUT2D eigenvalue weighted by Crippen LogP contribution is 2.30. The van der Waals surface area contributed by atoms with Crippen LogP contribution in [0.5, 0.6) is 5.75 Å². The predicted molar refractivity (Wildman–Crippen MR) is 115 cm³/mol. The molecule has 1 N–H and O–H groups in total. The summed E-state index contributed by atoms with van der Waals surface area (Å²) in [5.41, 5.74) is 1.78. The van der Waals surface area contributed by atoms with E-state index in [4.69, 9.17) is 9.47 Å². The number of ether oxygens (including phenoxy) is 2. The lowest BCUT2D eigenvalue weighted by atomic mass is 10.1. The van der Waals surface area contributed by atoms with Crippen LogP contribution in [-0.2, 0) is 25.7 Å². The Balaban J connectivity index is 1.36. The highest BCUT2D eigenvalue weighted by molar-refractivity contribution is 7.14. The number of carbonyl (C=O) groups is 3. The zero-order valence-electron chi connectivity index (χ0n) is 16.6. The molecule has 0 saturated heterocycles. The fraction of sp³-hybridized carbons (Fsp3) is 0.182. The molecular formula is C22H19N3O5S. The Bertz CT molecular complexity index is 1120. The van der Waals surface area contributed by atoms with Gasteiger partial charge in [-0.15, -0.1) is 11.3 Å². The van der Waals surface area contributed by atoms with E-state index in [-0.39, 0.29) is 18.9 Å². The number of fused-ring (bicyclic) bond motifs is 1. The van der Waals surface area contributed by atoms with E-state index in [2.05, 4.69) is 10.3 Å². The second-order valence-corrected chi connectivity index (χ2v) is 7.60. The van der Waals surface area contributed by atoms with Crippen LogP contribution in [0.4, 0.5) is 16.5 Å². The van der Waals surface area contributed by atoms with Crippen LogP contribution in [0, 0.1) is 0 Å². The van der Waals surface area contributed by atoms with E-state index in [1.807, 2.05) is 30.3 Å². The van der Waals surface area contributed by atoms with E-state index in [1.165, 1.54) is 23.2 Å². The molecule has 0 radical (unpaired) electrons. The highest BCUT2D eigenvalue weighted by Gasteiger charge is 2.30. The summed E-state index contributed by atoms with van der Waals surface area (Å²) in [5.74, 6) is -0.647. The third-order valence-electron chi connectivity index (χ3n) is 4.50. The van der Waals surface area contributed by atoms with E-state index in [0.29, 0.717) is 27.9 Å². The van der Waals surface area contributed by atoms with Gasteiger partial charge in [-0.2, -0.15) is 0 Å². The van der Waals surface area contributed by atoms with E-state index in [9.17, 15) is 14.4 Å². The van der Waals surface area contributed by atoms with E-state index in [1.54, 1.807) is 29.6 Å². The van der Waals surface area contributed by atoms with E-state index in [0.717, 1.165) is 0 Å². The van der Waals surface area contributed by atoms with Crippen LogP contribution in [0.1, 0.15) is 19.0 Å². The van der Waals surface area contributed by atoms with Crippen molar-refractivity contribution in [3.8, 4) is 5.75 Å². The summed E-state index contributed by atoms with van der Waals surface area (Å²) >= 11 is 1.27. The molecule has 9 heteroatoms. The lowest BCUT2D eigenvalue weighted by Gasteiger charge is -2.25. The fourth-order valence-electron chi connectivity index (χ4n) is 3.06. The summed E-state index contributed by atoms with van der Waals surface area (Å²) in [6.45, 7) is 1.39. The van der Waals surface area contributed by atoms with Gasteiger partial charge in [-0.25, -0.2) is 4.98 Å². The van der Waals surface area contributed by atoms with Gasteiger partial charge in [0.15, 0.2) is 11.2 Å². The molecule has 1 atom stereocenters. The average Bonchev–Trinajstić information content (AvgIpc) is 3.22. The molecule has 2 heterocycles. The number of anilines is 3. The number of benzene rings is 2. The second kappa shape index (κ2) is 8.97. The first-order chi connectivity index (χ1) is 15.0. The van der Waals surface area contributed by atoms with Crippen molar-refractivity contribution in [2.24, 2.45) is 0 Å². The molecule has 4 rings (SSSR count). The number of carbonyl (C=O) groups excluding carboxylic acids is 3. The summed E-state index contributed by atoms with van der Waals surface area (Å²) < 4.78 is 10.9. The smallest absolute Gasteiger partial charge is 0.310 e. The lowest BCUT2D eigenvalue weighted by Crippen LogP contribution is -2.38. The molecule has 0 bridgehead atoms. The van der Waals surface area contributed by atoms with Gasteiger partial charge in [-0.1, -0.05) is 30.3 Å². The number of esters is 1. The predicted octanol–water partition coefficient (Wildman–Crippen LogP) is 3.66. The Labute approximate surface area is 182 Å². The molecule has 3 aromatic rings. The van der Waals surface area contributed by atoms with E-state index < -0.39 is 18.0 Å². The zero-order chi connectivity index (χ0) is 21.8. The van der Waals surface area contributed by atoms with Crippen LogP contribution in [0.25, 0.3) is 0 Å². The topological polar surface area (TPSA) is 97.8 Å². The third kappa shape index (κ3) is 4.72. The van der Waals surface area contributed by atoms with Crippen LogP contribution in [-0.4, -0.2) is 28.9 Å². The average molecular weight is 437 g/mol. The minimum absolute atomic E-state index is 0.0687. The van der Waals surface area contributed by atoms with Gasteiger partial charge in [0.05, 0.1) is 23.5 Å². The van der Waals surface area contributed by atoms with Gasteiger partial charge < -0.3 is 14.8 Å². The molecule has 2 aromatic carbocycles. The first kappa shape index (κ1) is 20.5. The van der Waals surface area contributed by atoms with Crippen LogP contribution in [0.2, 0.25) is 0 Å². The van der Waals surface area contributed by atoms with Crippen molar-refractivity contribution in [3.63, 3.8) is 0 Å². The molecule has 0 unspecified atom stereocenters. The number of amides is 2. The number of nitrogens with zero attached hydrogens (tertiary/aromatic N) is 2. The summed E-state index contributed by atoms with van der Waals surface area (Å²) in [5, 5.41) is 4.92. The normalized spacial score (nSPS) is 14.7. The number of thiazole rings is 1. The molecule has 1 aliphatic rings. The largest absolute Gasteiger partial charge is 0.478 e. The molecular weight excluding hydrogens is 418 g/mol. The molecule has 0 aliphatic carbocycles. The Kier molecular flexibility index (Phi) is 5.94. The minimum Gasteiger partial charge on any atom is -0.478 e. The number of hydrogen-bond acceptors (Lipinski definition) is 7. The first-order valence-electron chi connectivity index (χ1n) is 9.53. The number of aromatic nitrogens is 1. The van der Waals surface area contributed by atoms with Crippen LogP contribution < -0.4 is 15.0 Å². The molecule has 0 spiro atoms. The third-order valence-corrected chi connectivity index (χ3v) is 5.37. The van der Waals surface area contributed by atoms with E-state index >= 15 is 0 Å². The maximum Gasteiger partial charge on any atom is 0.310 e. The quantitative estimate of drug-likeness (QED) is 0.591. The van der Waals surface area contributed by atoms with Crippen molar-refractivity contribution in [1.82, 2.24) is 4.98 Å². The Morgan fingerprint density at radius 2 is 1.90 bits per heavy atom. The van der Waals surface area contributed by atoms with Crippen molar-refractivity contribution in [2.45, 2.75) is 26.1 Å². The number of para-hydroxylation sites is 3. The van der Waals surface area contributed by atoms with Gasteiger partial charge >= 0.3 is 5.97 Å².